The van der Waals surface area contributed by atoms with Crippen LogP contribution in [0.4, 0.5) is 0 Å². The highest BCUT2D eigenvalue weighted by atomic mass is 32.2. The lowest BCUT2D eigenvalue weighted by atomic mass is 10.1. The topological polar surface area (TPSA) is 46.6 Å². The van der Waals surface area contributed by atoms with Gasteiger partial charge in [-0.05, 0) is 11.6 Å². The zero-order chi connectivity index (χ0) is 18.7. The van der Waals surface area contributed by atoms with E-state index in [0.717, 1.165) is 11.1 Å². The summed E-state index contributed by atoms with van der Waals surface area (Å²) < 4.78 is 5.36. The molecule has 134 valence electrons. The number of carbonyl (C=O) groups excluding carboxylic acids is 2. The number of nitrogens with zero attached hydrogens (tertiary/aromatic N) is 1. The summed E-state index contributed by atoms with van der Waals surface area (Å²) in [5, 5.41) is 0.201. The molecule has 0 aromatic heterocycles. The molecular formula is C21H21NO3S. The normalized spacial score (nSPS) is 14.5. The summed E-state index contributed by atoms with van der Waals surface area (Å²) in [6, 6.07) is 16.8. The van der Waals surface area contributed by atoms with E-state index in [2.05, 4.69) is 0 Å². The Kier molecular flexibility index (Phi) is 5.47. The van der Waals surface area contributed by atoms with Crippen LogP contribution in [-0.2, 0) is 16.1 Å². The van der Waals surface area contributed by atoms with Gasteiger partial charge in [0, 0.05) is 10.8 Å². The van der Waals surface area contributed by atoms with Gasteiger partial charge in [0.15, 0.2) is 0 Å². The van der Waals surface area contributed by atoms with Crippen molar-refractivity contribution < 1.29 is 14.3 Å². The van der Waals surface area contributed by atoms with Gasteiger partial charge in [-0.1, -0.05) is 62.4 Å². The lowest BCUT2D eigenvalue weighted by Gasteiger charge is -2.17. The highest BCUT2D eigenvalue weighted by Gasteiger charge is 2.39. The van der Waals surface area contributed by atoms with Crippen molar-refractivity contribution in [3.63, 3.8) is 0 Å². The Labute approximate surface area is 157 Å². The molecule has 1 aliphatic rings. The molecule has 0 saturated heterocycles. The first-order valence-electron chi connectivity index (χ1n) is 8.47. The zero-order valence-corrected chi connectivity index (χ0v) is 15.9. The summed E-state index contributed by atoms with van der Waals surface area (Å²) in [4.78, 5) is 28.0. The third-order valence-corrected chi connectivity index (χ3v) is 5.15. The lowest BCUT2D eigenvalue weighted by molar-refractivity contribution is -0.137. The molecule has 0 atom stereocenters. The third kappa shape index (κ3) is 3.53. The van der Waals surface area contributed by atoms with Crippen molar-refractivity contribution in [1.29, 1.82) is 0 Å². The standard InChI is InChI=1S/C21H21NO3S/c1-14(2)26-19-18(15-9-5-4-6-10-15)20(23)22(21(19)24)13-16-11-7-8-12-17(16)25-3/h4-12,14H,13H2,1-3H3. The van der Waals surface area contributed by atoms with Crippen molar-refractivity contribution >= 4 is 29.1 Å². The fraction of sp³-hybridized carbons (Fsp3) is 0.238. The summed E-state index contributed by atoms with van der Waals surface area (Å²) in [6.07, 6.45) is 0. The molecule has 1 aliphatic heterocycles. The summed E-state index contributed by atoms with van der Waals surface area (Å²) >= 11 is 1.44. The number of benzene rings is 2. The van der Waals surface area contributed by atoms with Gasteiger partial charge in [0.2, 0.25) is 0 Å². The van der Waals surface area contributed by atoms with Crippen LogP contribution >= 0.6 is 11.8 Å². The van der Waals surface area contributed by atoms with E-state index in [9.17, 15) is 9.59 Å². The van der Waals surface area contributed by atoms with E-state index in [1.54, 1.807) is 7.11 Å². The Morgan fingerprint density at radius 2 is 1.62 bits per heavy atom. The average molecular weight is 367 g/mol. The van der Waals surface area contributed by atoms with E-state index in [-0.39, 0.29) is 23.6 Å². The highest BCUT2D eigenvalue weighted by Crippen LogP contribution is 2.38. The van der Waals surface area contributed by atoms with Crippen LogP contribution in [0.15, 0.2) is 59.5 Å². The number of amides is 2. The molecule has 0 saturated carbocycles. The van der Waals surface area contributed by atoms with Gasteiger partial charge in [-0.2, -0.15) is 0 Å². The maximum atomic E-state index is 13.1. The average Bonchev–Trinajstić information content (AvgIpc) is 2.87. The summed E-state index contributed by atoms with van der Waals surface area (Å²) in [5.74, 6) is 0.174. The minimum Gasteiger partial charge on any atom is -0.496 e. The predicted octanol–water partition coefficient (Wildman–Crippen LogP) is 4.12. The van der Waals surface area contributed by atoms with E-state index in [4.69, 9.17) is 4.74 Å². The predicted molar refractivity (Wildman–Crippen MR) is 105 cm³/mol. The van der Waals surface area contributed by atoms with Crippen molar-refractivity contribution in [3.8, 4) is 5.75 Å². The van der Waals surface area contributed by atoms with Gasteiger partial charge in [0.1, 0.15) is 5.75 Å². The number of imide groups is 1. The van der Waals surface area contributed by atoms with Crippen molar-refractivity contribution in [2.75, 3.05) is 7.11 Å². The van der Waals surface area contributed by atoms with Crippen LogP contribution in [0.5, 0.6) is 5.75 Å². The van der Waals surface area contributed by atoms with Crippen molar-refractivity contribution in [2.45, 2.75) is 25.6 Å². The van der Waals surface area contributed by atoms with Gasteiger partial charge >= 0.3 is 0 Å². The van der Waals surface area contributed by atoms with E-state index in [1.165, 1.54) is 16.7 Å². The molecule has 0 bridgehead atoms. The molecule has 26 heavy (non-hydrogen) atoms. The molecule has 0 unspecified atom stereocenters. The molecule has 2 amide bonds. The SMILES string of the molecule is COc1ccccc1CN1C(=O)C(SC(C)C)=C(c2ccccc2)C1=O. The second kappa shape index (κ2) is 7.79. The molecule has 4 nitrogen and oxygen atoms in total. The molecular weight excluding hydrogens is 346 g/mol. The van der Waals surface area contributed by atoms with Crippen molar-refractivity contribution in [2.24, 2.45) is 0 Å². The molecule has 3 rings (SSSR count). The Bertz CT molecular complexity index is 859. The summed E-state index contributed by atoms with van der Waals surface area (Å²) in [7, 11) is 1.58. The Morgan fingerprint density at radius 1 is 0.962 bits per heavy atom. The number of para-hydroxylation sites is 1. The van der Waals surface area contributed by atoms with Crippen LogP contribution in [-0.4, -0.2) is 29.1 Å². The van der Waals surface area contributed by atoms with E-state index < -0.39 is 0 Å². The van der Waals surface area contributed by atoms with E-state index in [1.807, 2.05) is 68.4 Å². The second-order valence-electron chi connectivity index (χ2n) is 6.25. The smallest absolute Gasteiger partial charge is 0.268 e. The van der Waals surface area contributed by atoms with Gasteiger partial charge in [0.25, 0.3) is 11.8 Å². The van der Waals surface area contributed by atoms with E-state index in [0.29, 0.717) is 16.2 Å². The number of hydrogen-bond donors (Lipinski definition) is 0. The molecule has 0 N–H and O–H groups in total. The van der Waals surface area contributed by atoms with Crippen molar-refractivity contribution in [3.05, 3.63) is 70.6 Å². The number of methoxy groups -OCH3 is 1. The van der Waals surface area contributed by atoms with Gasteiger partial charge in [-0.3, -0.25) is 14.5 Å². The number of thioether (sulfide) groups is 1. The lowest BCUT2D eigenvalue weighted by Crippen LogP contribution is -2.31. The first-order valence-corrected chi connectivity index (χ1v) is 9.35. The van der Waals surface area contributed by atoms with Gasteiger partial charge in [-0.25, -0.2) is 0 Å². The third-order valence-electron chi connectivity index (χ3n) is 4.06. The first kappa shape index (κ1) is 18.3. The summed E-state index contributed by atoms with van der Waals surface area (Å²) in [5.41, 5.74) is 2.07. The molecule has 2 aromatic rings. The molecule has 1 heterocycles. The van der Waals surface area contributed by atoms with Crippen LogP contribution in [0.2, 0.25) is 0 Å². The second-order valence-corrected chi connectivity index (χ2v) is 7.83. The van der Waals surface area contributed by atoms with E-state index >= 15 is 0 Å². The zero-order valence-electron chi connectivity index (χ0n) is 15.1. The quantitative estimate of drug-likeness (QED) is 0.721. The van der Waals surface area contributed by atoms with Gasteiger partial charge in [-0.15, -0.1) is 11.8 Å². The van der Waals surface area contributed by atoms with Crippen LogP contribution in [0.3, 0.4) is 0 Å². The fourth-order valence-electron chi connectivity index (χ4n) is 2.91. The Morgan fingerprint density at radius 3 is 2.27 bits per heavy atom. The Balaban J connectivity index is 1.99. The Hall–Kier alpha value is -2.53. The van der Waals surface area contributed by atoms with Crippen molar-refractivity contribution in [1.82, 2.24) is 4.90 Å². The molecule has 5 heteroatoms. The minimum atomic E-state index is -0.254. The van der Waals surface area contributed by atoms with Crippen LogP contribution in [0.25, 0.3) is 5.57 Å². The number of carbonyl (C=O) groups is 2. The van der Waals surface area contributed by atoms with Crippen LogP contribution in [0.1, 0.15) is 25.0 Å². The number of hydrogen-bond acceptors (Lipinski definition) is 4. The highest BCUT2D eigenvalue weighted by molar-refractivity contribution is 8.04. The van der Waals surface area contributed by atoms with Gasteiger partial charge < -0.3 is 4.74 Å². The first-order chi connectivity index (χ1) is 12.5. The monoisotopic (exact) mass is 367 g/mol. The van der Waals surface area contributed by atoms with Gasteiger partial charge in [0.05, 0.1) is 24.1 Å². The fourth-order valence-corrected chi connectivity index (χ4v) is 3.91. The number of ether oxygens (including phenoxy) is 1. The molecule has 0 radical (unpaired) electrons. The minimum absolute atomic E-state index is 0.195. The molecule has 0 aliphatic carbocycles. The number of rotatable bonds is 6. The summed E-state index contributed by atoms with van der Waals surface area (Å²) in [6.45, 7) is 4.22. The molecule has 2 aromatic carbocycles. The van der Waals surface area contributed by atoms with Crippen LogP contribution < -0.4 is 4.74 Å². The largest absolute Gasteiger partial charge is 0.496 e. The molecule has 0 spiro atoms. The maximum Gasteiger partial charge on any atom is 0.268 e. The maximum absolute atomic E-state index is 13.1. The molecule has 0 fully saturated rings. The van der Waals surface area contributed by atoms with Crippen LogP contribution in [0, 0.1) is 0 Å².